The van der Waals surface area contributed by atoms with Crippen LogP contribution in [0.1, 0.15) is 25.3 Å². The molecule has 0 aromatic heterocycles. The zero-order chi connectivity index (χ0) is 13.8. The summed E-state index contributed by atoms with van der Waals surface area (Å²) >= 11 is 0. The second-order valence-electron chi connectivity index (χ2n) is 5.03. The molecule has 4 heteroatoms. The van der Waals surface area contributed by atoms with Crippen LogP contribution in [0.5, 0.6) is 11.5 Å². The third-order valence-corrected chi connectivity index (χ3v) is 3.39. The lowest BCUT2D eigenvalue weighted by molar-refractivity contribution is -0.155. The van der Waals surface area contributed by atoms with Crippen LogP contribution in [0.15, 0.2) is 18.2 Å². The average molecular weight is 264 g/mol. The fourth-order valence-electron chi connectivity index (χ4n) is 2.58. The van der Waals surface area contributed by atoms with Crippen molar-refractivity contribution in [1.82, 2.24) is 0 Å². The van der Waals surface area contributed by atoms with E-state index >= 15 is 0 Å². The second-order valence-corrected chi connectivity index (χ2v) is 5.03. The van der Waals surface area contributed by atoms with Crippen LogP contribution in [-0.2, 0) is 16.0 Å². The van der Waals surface area contributed by atoms with Gasteiger partial charge in [0.15, 0.2) is 0 Å². The number of carbonyl (C=O) groups is 1. The van der Waals surface area contributed by atoms with E-state index in [1.807, 2.05) is 25.1 Å². The lowest BCUT2D eigenvalue weighted by Crippen LogP contribution is -2.28. The average Bonchev–Trinajstić information content (AvgIpc) is 2.37. The molecule has 2 atom stereocenters. The first-order valence-electron chi connectivity index (χ1n) is 6.52. The summed E-state index contributed by atoms with van der Waals surface area (Å²) in [5, 5.41) is 0. The molecule has 19 heavy (non-hydrogen) atoms. The molecule has 0 bridgehead atoms. The number of hydrogen-bond acceptors (Lipinski definition) is 4. The summed E-state index contributed by atoms with van der Waals surface area (Å²) in [6.45, 7) is 1.94. The van der Waals surface area contributed by atoms with Crippen LogP contribution < -0.4 is 9.47 Å². The van der Waals surface area contributed by atoms with E-state index in [0.29, 0.717) is 12.3 Å². The number of hydrogen-bond donors (Lipinski definition) is 0. The van der Waals surface area contributed by atoms with Crippen molar-refractivity contribution >= 4 is 5.97 Å². The van der Waals surface area contributed by atoms with Gasteiger partial charge in [0.25, 0.3) is 0 Å². The third-order valence-electron chi connectivity index (χ3n) is 3.39. The number of benzene rings is 1. The summed E-state index contributed by atoms with van der Waals surface area (Å²) in [6, 6.07) is 5.83. The van der Waals surface area contributed by atoms with Gasteiger partial charge in [0.1, 0.15) is 11.5 Å². The minimum atomic E-state index is -0.0985. The number of cyclic esters (lactones) is 1. The van der Waals surface area contributed by atoms with Gasteiger partial charge >= 0.3 is 5.97 Å². The zero-order valence-electron chi connectivity index (χ0n) is 11.6. The van der Waals surface area contributed by atoms with Crippen molar-refractivity contribution in [3.05, 3.63) is 23.8 Å². The maximum Gasteiger partial charge on any atom is 0.306 e. The highest BCUT2D eigenvalue weighted by molar-refractivity contribution is 5.70. The van der Waals surface area contributed by atoms with Crippen LogP contribution >= 0.6 is 0 Å². The predicted octanol–water partition coefficient (Wildman–Crippen LogP) is 2.59. The van der Waals surface area contributed by atoms with Crippen LogP contribution in [0.3, 0.4) is 0 Å². The molecule has 0 unspecified atom stereocenters. The molecule has 0 radical (unpaired) electrons. The van der Waals surface area contributed by atoms with E-state index in [9.17, 15) is 4.79 Å². The highest BCUT2D eigenvalue weighted by Crippen LogP contribution is 2.28. The standard InChI is InChI=1S/C15H20O4/c1-10-4-11(8-15(16)19-10)5-12-6-13(17-2)9-14(7-12)18-3/h6-7,9-11H,4-5,8H2,1-3H3/t10-,11-/m0/s1. The van der Waals surface area contributed by atoms with E-state index in [-0.39, 0.29) is 12.1 Å². The molecule has 1 aliphatic rings. The van der Waals surface area contributed by atoms with Crippen molar-refractivity contribution in [3.63, 3.8) is 0 Å². The lowest BCUT2D eigenvalue weighted by atomic mass is 9.89. The molecule has 1 aromatic carbocycles. The summed E-state index contributed by atoms with van der Waals surface area (Å²) in [7, 11) is 3.28. The molecule has 1 aliphatic heterocycles. The molecule has 1 saturated heterocycles. The highest BCUT2D eigenvalue weighted by Gasteiger charge is 2.26. The van der Waals surface area contributed by atoms with Gasteiger partial charge in [-0.3, -0.25) is 4.79 Å². The first-order chi connectivity index (χ1) is 9.10. The van der Waals surface area contributed by atoms with Crippen LogP contribution in [0.2, 0.25) is 0 Å². The summed E-state index contributed by atoms with van der Waals surface area (Å²) in [4.78, 5) is 11.4. The molecule has 104 valence electrons. The maximum atomic E-state index is 11.4. The smallest absolute Gasteiger partial charge is 0.306 e. The minimum absolute atomic E-state index is 0.0127. The Kier molecular flexibility index (Phi) is 4.30. The van der Waals surface area contributed by atoms with Gasteiger partial charge in [-0.05, 0) is 43.4 Å². The minimum Gasteiger partial charge on any atom is -0.497 e. The van der Waals surface area contributed by atoms with Crippen LogP contribution in [0, 0.1) is 5.92 Å². The molecule has 1 aromatic rings. The first kappa shape index (κ1) is 13.7. The van der Waals surface area contributed by atoms with E-state index in [2.05, 4.69) is 0 Å². The van der Waals surface area contributed by atoms with Crippen molar-refractivity contribution < 1.29 is 19.0 Å². The summed E-state index contributed by atoms with van der Waals surface area (Å²) in [6.07, 6.45) is 2.25. The van der Waals surface area contributed by atoms with Gasteiger partial charge < -0.3 is 14.2 Å². The molecule has 0 saturated carbocycles. The van der Waals surface area contributed by atoms with E-state index in [1.54, 1.807) is 14.2 Å². The van der Waals surface area contributed by atoms with Crippen molar-refractivity contribution in [1.29, 1.82) is 0 Å². The Morgan fingerprint density at radius 3 is 2.37 bits per heavy atom. The predicted molar refractivity (Wildman–Crippen MR) is 71.5 cm³/mol. The summed E-state index contributed by atoms with van der Waals surface area (Å²) < 4.78 is 15.7. The number of ether oxygens (including phenoxy) is 3. The fraction of sp³-hybridized carbons (Fsp3) is 0.533. The van der Waals surface area contributed by atoms with E-state index in [4.69, 9.17) is 14.2 Å². The number of rotatable bonds is 4. The maximum absolute atomic E-state index is 11.4. The normalized spacial score (nSPS) is 22.8. The number of methoxy groups -OCH3 is 2. The van der Waals surface area contributed by atoms with Crippen molar-refractivity contribution in [2.24, 2.45) is 5.92 Å². The fourth-order valence-corrected chi connectivity index (χ4v) is 2.58. The van der Waals surface area contributed by atoms with Crippen LogP contribution in [-0.4, -0.2) is 26.3 Å². The van der Waals surface area contributed by atoms with Gasteiger partial charge in [-0.15, -0.1) is 0 Å². The molecule has 0 aliphatic carbocycles. The highest BCUT2D eigenvalue weighted by atomic mass is 16.5. The third kappa shape index (κ3) is 3.63. The molecule has 1 heterocycles. The zero-order valence-corrected chi connectivity index (χ0v) is 11.6. The topological polar surface area (TPSA) is 44.8 Å². The Labute approximate surface area is 113 Å². The molecule has 4 nitrogen and oxygen atoms in total. The number of esters is 1. The van der Waals surface area contributed by atoms with Crippen LogP contribution in [0.25, 0.3) is 0 Å². The van der Waals surface area contributed by atoms with Gasteiger partial charge in [0, 0.05) is 12.5 Å². The Hall–Kier alpha value is -1.71. The molecule has 2 rings (SSSR count). The van der Waals surface area contributed by atoms with Crippen molar-refractivity contribution in [3.8, 4) is 11.5 Å². The Morgan fingerprint density at radius 1 is 1.21 bits per heavy atom. The lowest BCUT2D eigenvalue weighted by Gasteiger charge is -2.26. The molecular formula is C15H20O4. The van der Waals surface area contributed by atoms with Crippen molar-refractivity contribution in [2.75, 3.05) is 14.2 Å². The Balaban J connectivity index is 2.11. The Bertz CT molecular complexity index is 433. The van der Waals surface area contributed by atoms with Gasteiger partial charge in [0.2, 0.25) is 0 Å². The first-order valence-corrected chi connectivity index (χ1v) is 6.52. The SMILES string of the molecule is COc1cc(C[C@H]2CC(=O)O[C@@H](C)C2)cc(OC)c1. The van der Waals surface area contributed by atoms with E-state index < -0.39 is 0 Å². The summed E-state index contributed by atoms with van der Waals surface area (Å²) in [5.41, 5.74) is 1.13. The van der Waals surface area contributed by atoms with Gasteiger partial charge in [-0.1, -0.05) is 0 Å². The van der Waals surface area contributed by atoms with Gasteiger partial charge in [0.05, 0.1) is 20.3 Å². The van der Waals surface area contributed by atoms with E-state index in [1.165, 1.54) is 0 Å². The monoisotopic (exact) mass is 264 g/mol. The molecule has 0 spiro atoms. The molecular weight excluding hydrogens is 244 g/mol. The van der Waals surface area contributed by atoms with Gasteiger partial charge in [-0.25, -0.2) is 0 Å². The van der Waals surface area contributed by atoms with Gasteiger partial charge in [-0.2, -0.15) is 0 Å². The second kappa shape index (κ2) is 5.95. The molecule has 1 fully saturated rings. The largest absolute Gasteiger partial charge is 0.497 e. The quantitative estimate of drug-likeness (QED) is 0.784. The Morgan fingerprint density at radius 2 is 1.84 bits per heavy atom. The van der Waals surface area contributed by atoms with E-state index in [0.717, 1.165) is 29.9 Å². The number of carbonyl (C=O) groups excluding carboxylic acids is 1. The summed E-state index contributed by atoms with van der Waals surface area (Å²) in [5.74, 6) is 1.79. The molecule has 0 amide bonds. The van der Waals surface area contributed by atoms with Crippen LogP contribution in [0.4, 0.5) is 0 Å². The van der Waals surface area contributed by atoms with Crippen molar-refractivity contribution in [2.45, 2.75) is 32.3 Å². The molecule has 0 N–H and O–H groups in total.